The average Bonchev–Trinajstić information content (AvgIpc) is 2.38. The molecule has 0 heterocycles. The summed E-state index contributed by atoms with van der Waals surface area (Å²) < 4.78 is 5.19. The molecule has 0 amide bonds. The number of benzene rings is 1. The maximum atomic E-state index is 11.8. The molecule has 0 saturated carbocycles. The number of nitrogens with one attached hydrogen (secondary N) is 1. The first-order chi connectivity index (χ1) is 8.19. The van der Waals surface area contributed by atoms with Crippen LogP contribution in [0.3, 0.4) is 0 Å². The molecule has 1 unspecified atom stereocenters. The third kappa shape index (κ3) is 4.14. The summed E-state index contributed by atoms with van der Waals surface area (Å²) in [5.41, 5.74) is 8.99. The molecule has 1 aromatic rings. The predicted molar refractivity (Wildman–Crippen MR) is 65.6 cm³/mol. The summed E-state index contributed by atoms with van der Waals surface area (Å²) in [6, 6.07) is 9.30. The van der Waals surface area contributed by atoms with Crippen LogP contribution in [0.2, 0.25) is 0 Å². The molecule has 0 aromatic heterocycles. The molecule has 0 bridgehead atoms. The number of carbonyl (C=O) groups is 1. The molecule has 1 aromatic carbocycles. The van der Waals surface area contributed by atoms with Gasteiger partial charge < -0.3 is 10.5 Å². The molecule has 5 N–H and O–H groups in total. The fourth-order valence-corrected chi connectivity index (χ4v) is 1.46. The highest BCUT2D eigenvalue weighted by molar-refractivity contribution is 5.73. The van der Waals surface area contributed by atoms with Crippen LogP contribution in [-0.4, -0.2) is 18.6 Å². The fourth-order valence-electron chi connectivity index (χ4n) is 1.46. The monoisotopic (exact) mass is 237 g/mol. The average molecular weight is 237 g/mol. The second kappa shape index (κ2) is 7.01. The van der Waals surface area contributed by atoms with Crippen molar-refractivity contribution in [3.63, 3.8) is 0 Å². The Morgan fingerprint density at radius 1 is 1.41 bits per heavy atom. The predicted octanol–water partition coefficient (Wildman–Crippen LogP) is 0.157. The largest absolute Gasteiger partial charge is 0.461 e. The second-order valence-corrected chi connectivity index (χ2v) is 3.89. The van der Waals surface area contributed by atoms with Crippen molar-refractivity contribution in [1.82, 2.24) is 5.43 Å². The Morgan fingerprint density at radius 3 is 2.59 bits per heavy atom. The van der Waals surface area contributed by atoms with Crippen LogP contribution < -0.4 is 17.0 Å². The summed E-state index contributed by atoms with van der Waals surface area (Å²) in [6.45, 7) is 2.26. The van der Waals surface area contributed by atoms with Gasteiger partial charge in [-0.05, 0) is 12.5 Å². The van der Waals surface area contributed by atoms with Gasteiger partial charge in [0.2, 0.25) is 0 Å². The van der Waals surface area contributed by atoms with Crippen molar-refractivity contribution in [3.05, 3.63) is 35.9 Å². The topological polar surface area (TPSA) is 90.4 Å². The van der Waals surface area contributed by atoms with Crippen LogP contribution in [0.25, 0.3) is 0 Å². The molecule has 5 heteroatoms. The first-order valence-corrected chi connectivity index (χ1v) is 5.55. The van der Waals surface area contributed by atoms with Crippen LogP contribution in [0, 0.1) is 5.92 Å². The van der Waals surface area contributed by atoms with E-state index in [1.807, 2.05) is 30.3 Å². The molecule has 0 aliphatic heterocycles. The van der Waals surface area contributed by atoms with Gasteiger partial charge in [0.1, 0.15) is 6.61 Å². The molecule has 0 fully saturated rings. The highest BCUT2D eigenvalue weighted by atomic mass is 16.5. The number of hydrazine groups is 1. The second-order valence-electron chi connectivity index (χ2n) is 3.89. The maximum absolute atomic E-state index is 11.8. The SMILES string of the molecule is C[C@H](NN)C(CN)C(=O)OCc1ccccc1. The van der Waals surface area contributed by atoms with E-state index in [9.17, 15) is 4.79 Å². The zero-order valence-electron chi connectivity index (χ0n) is 9.93. The smallest absolute Gasteiger partial charge is 0.312 e. The van der Waals surface area contributed by atoms with Gasteiger partial charge in [-0.3, -0.25) is 16.1 Å². The van der Waals surface area contributed by atoms with Crippen molar-refractivity contribution >= 4 is 5.97 Å². The number of esters is 1. The van der Waals surface area contributed by atoms with Crippen LogP contribution in [0.15, 0.2) is 30.3 Å². The van der Waals surface area contributed by atoms with Gasteiger partial charge in [-0.15, -0.1) is 0 Å². The third-order valence-electron chi connectivity index (χ3n) is 2.65. The lowest BCUT2D eigenvalue weighted by Gasteiger charge is -2.20. The van der Waals surface area contributed by atoms with Crippen LogP contribution in [0.1, 0.15) is 12.5 Å². The summed E-state index contributed by atoms with van der Waals surface area (Å²) >= 11 is 0. The molecule has 0 spiro atoms. The van der Waals surface area contributed by atoms with Crippen LogP contribution in [0.5, 0.6) is 0 Å². The van der Waals surface area contributed by atoms with E-state index in [2.05, 4.69) is 5.43 Å². The Kier molecular flexibility index (Phi) is 5.62. The van der Waals surface area contributed by atoms with Gasteiger partial charge >= 0.3 is 5.97 Å². The molecular weight excluding hydrogens is 218 g/mol. The number of hydrogen-bond donors (Lipinski definition) is 3. The maximum Gasteiger partial charge on any atom is 0.312 e. The van der Waals surface area contributed by atoms with Gasteiger partial charge in [-0.25, -0.2) is 0 Å². The van der Waals surface area contributed by atoms with Gasteiger partial charge in [0.05, 0.1) is 5.92 Å². The fraction of sp³-hybridized carbons (Fsp3) is 0.417. The van der Waals surface area contributed by atoms with Gasteiger partial charge in [0.15, 0.2) is 0 Å². The Morgan fingerprint density at radius 2 is 2.06 bits per heavy atom. The minimum Gasteiger partial charge on any atom is -0.461 e. The number of carbonyl (C=O) groups excluding carboxylic acids is 1. The molecule has 1 rings (SSSR count). The first kappa shape index (κ1) is 13.6. The summed E-state index contributed by atoms with van der Waals surface area (Å²) in [5.74, 6) is 4.52. The molecule has 94 valence electrons. The molecule has 2 atom stereocenters. The zero-order valence-corrected chi connectivity index (χ0v) is 9.93. The van der Waals surface area contributed by atoms with Crippen molar-refractivity contribution in [2.24, 2.45) is 17.5 Å². The van der Waals surface area contributed by atoms with E-state index in [-0.39, 0.29) is 25.2 Å². The van der Waals surface area contributed by atoms with Gasteiger partial charge in [0.25, 0.3) is 0 Å². The van der Waals surface area contributed by atoms with E-state index in [0.29, 0.717) is 0 Å². The van der Waals surface area contributed by atoms with Crippen molar-refractivity contribution in [3.8, 4) is 0 Å². The Balaban J connectivity index is 2.48. The Labute approximate surface area is 101 Å². The van der Waals surface area contributed by atoms with E-state index >= 15 is 0 Å². The zero-order chi connectivity index (χ0) is 12.7. The lowest BCUT2D eigenvalue weighted by atomic mass is 10.0. The number of rotatable bonds is 6. The van der Waals surface area contributed by atoms with Crippen molar-refractivity contribution in [2.45, 2.75) is 19.6 Å². The number of nitrogens with two attached hydrogens (primary N) is 2. The molecule has 17 heavy (non-hydrogen) atoms. The minimum atomic E-state index is -0.427. The number of ether oxygens (including phenoxy) is 1. The summed E-state index contributed by atoms with van der Waals surface area (Å²) in [7, 11) is 0. The molecule has 0 aliphatic rings. The molecule has 0 saturated heterocycles. The lowest BCUT2D eigenvalue weighted by Crippen LogP contribution is -2.45. The quantitative estimate of drug-likeness (QED) is 0.372. The van der Waals surface area contributed by atoms with Crippen molar-refractivity contribution in [2.75, 3.05) is 6.54 Å². The third-order valence-corrected chi connectivity index (χ3v) is 2.65. The van der Waals surface area contributed by atoms with Crippen LogP contribution in [0.4, 0.5) is 0 Å². The van der Waals surface area contributed by atoms with Gasteiger partial charge in [-0.1, -0.05) is 30.3 Å². The normalized spacial score (nSPS) is 14.1. The van der Waals surface area contributed by atoms with E-state index in [1.165, 1.54) is 0 Å². The van der Waals surface area contributed by atoms with E-state index in [1.54, 1.807) is 6.92 Å². The summed E-state index contributed by atoms with van der Waals surface area (Å²) in [6.07, 6.45) is 0. The highest BCUT2D eigenvalue weighted by Gasteiger charge is 2.24. The van der Waals surface area contributed by atoms with Crippen LogP contribution in [-0.2, 0) is 16.1 Å². The standard InChI is InChI=1S/C12H19N3O2/c1-9(15-14)11(7-13)12(16)17-8-10-5-3-2-4-6-10/h2-6,9,11,15H,7-8,13-14H2,1H3/t9-,11?/m0/s1. The van der Waals surface area contributed by atoms with Crippen molar-refractivity contribution in [1.29, 1.82) is 0 Å². The van der Waals surface area contributed by atoms with E-state index < -0.39 is 5.92 Å². The van der Waals surface area contributed by atoms with Crippen molar-refractivity contribution < 1.29 is 9.53 Å². The molecular formula is C12H19N3O2. The van der Waals surface area contributed by atoms with Gasteiger partial charge in [0, 0.05) is 12.6 Å². The van der Waals surface area contributed by atoms with Crippen LogP contribution >= 0.6 is 0 Å². The number of hydrogen-bond acceptors (Lipinski definition) is 5. The van der Waals surface area contributed by atoms with E-state index in [4.69, 9.17) is 16.3 Å². The lowest BCUT2D eigenvalue weighted by molar-refractivity contribution is -0.150. The van der Waals surface area contributed by atoms with Gasteiger partial charge in [-0.2, -0.15) is 0 Å². The minimum absolute atomic E-state index is 0.205. The molecule has 5 nitrogen and oxygen atoms in total. The van der Waals surface area contributed by atoms with E-state index in [0.717, 1.165) is 5.56 Å². The summed E-state index contributed by atoms with van der Waals surface area (Å²) in [4.78, 5) is 11.8. The Bertz CT molecular complexity index is 343. The highest BCUT2D eigenvalue weighted by Crippen LogP contribution is 2.07. The summed E-state index contributed by atoms with van der Waals surface area (Å²) in [5, 5.41) is 0. The Hall–Kier alpha value is -1.43. The molecule has 0 aliphatic carbocycles. The first-order valence-electron chi connectivity index (χ1n) is 5.55. The molecule has 0 radical (unpaired) electrons.